The van der Waals surface area contributed by atoms with Crippen LogP contribution in [0.4, 0.5) is 0 Å². The Morgan fingerprint density at radius 1 is 1.29 bits per heavy atom. The molecule has 0 aliphatic heterocycles. The van der Waals surface area contributed by atoms with Crippen molar-refractivity contribution in [3.8, 4) is 0 Å². The van der Waals surface area contributed by atoms with Crippen molar-refractivity contribution in [2.45, 2.75) is 0 Å². The number of pyridine rings is 1. The molecule has 0 N–H and O–H groups in total. The minimum atomic E-state index is 0.717. The van der Waals surface area contributed by atoms with Crippen LogP contribution in [0, 0.1) is 0 Å². The van der Waals surface area contributed by atoms with E-state index < -0.39 is 0 Å². The van der Waals surface area contributed by atoms with Crippen LogP contribution in [0.3, 0.4) is 0 Å². The lowest BCUT2D eigenvalue weighted by molar-refractivity contribution is 1.17. The molecule has 0 unspecified atom stereocenters. The van der Waals surface area contributed by atoms with Crippen molar-refractivity contribution in [2.24, 2.45) is 0 Å². The molecule has 3 aromatic rings. The van der Waals surface area contributed by atoms with Gasteiger partial charge in [-0.25, -0.2) is 4.98 Å². The third-order valence-corrected chi connectivity index (χ3v) is 3.32. The largest absolute Gasteiger partial charge is 0.224 e. The minimum Gasteiger partial charge on any atom is -0.224 e. The predicted octanol–water partition coefficient (Wildman–Crippen LogP) is 3.00. The van der Waals surface area contributed by atoms with Crippen molar-refractivity contribution in [3.63, 3.8) is 0 Å². The van der Waals surface area contributed by atoms with Crippen molar-refractivity contribution in [1.82, 2.24) is 14.6 Å². The molecule has 0 bridgehead atoms. The second-order valence-corrected chi connectivity index (χ2v) is 4.53. The summed E-state index contributed by atoms with van der Waals surface area (Å²) in [7, 11) is 0. The molecule has 1 aromatic carbocycles. The highest BCUT2D eigenvalue weighted by Gasteiger charge is 2.04. The van der Waals surface area contributed by atoms with Crippen LogP contribution < -0.4 is 0 Å². The fourth-order valence-electron chi connectivity index (χ4n) is 1.38. The monoisotopic (exact) mass is 265 g/mol. The van der Waals surface area contributed by atoms with Crippen molar-refractivity contribution in [3.05, 3.63) is 28.7 Å². The number of hydrogen-bond donors (Lipinski definition) is 0. The van der Waals surface area contributed by atoms with Gasteiger partial charge >= 0.3 is 0 Å². The van der Waals surface area contributed by atoms with E-state index in [-0.39, 0.29) is 0 Å². The smallest absolute Gasteiger partial charge is 0.195 e. The van der Waals surface area contributed by atoms with Crippen LogP contribution in [0.1, 0.15) is 0 Å². The van der Waals surface area contributed by atoms with E-state index in [0.29, 0.717) is 0 Å². The van der Waals surface area contributed by atoms with E-state index in [2.05, 4.69) is 36.6 Å². The molecule has 68 valence electrons. The van der Waals surface area contributed by atoms with E-state index in [9.17, 15) is 0 Å². The zero-order valence-electron chi connectivity index (χ0n) is 6.94. The number of aromatic nitrogens is 3. The van der Waals surface area contributed by atoms with Crippen LogP contribution in [0.2, 0.25) is 0 Å². The number of para-hydroxylation sites is 1. The fourth-order valence-corrected chi connectivity index (χ4v) is 2.40. The summed E-state index contributed by atoms with van der Waals surface area (Å²) in [5.74, 6) is 0. The maximum absolute atomic E-state index is 4.43. The van der Waals surface area contributed by atoms with Gasteiger partial charge in [-0.15, -0.1) is 5.10 Å². The number of benzene rings is 1. The molecule has 3 nitrogen and oxygen atoms in total. The molecule has 14 heavy (non-hydrogen) atoms. The van der Waals surface area contributed by atoms with Gasteiger partial charge in [0.15, 0.2) is 5.65 Å². The van der Waals surface area contributed by atoms with E-state index in [0.717, 1.165) is 25.7 Å². The van der Waals surface area contributed by atoms with Gasteiger partial charge in [0.25, 0.3) is 0 Å². The summed E-state index contributed by atoms with van der Waals surface area (Å²) in [4.78, 5) is 4.43. The molecule has 0 radical (unpaired) electrons. The molecule has 5 heteroatoms. The van der Waals surface area contributed by atoms with Crippen LogP contribution in [0.5, 0.6) is 0 Å². The SMILES string of the molecule is Brc1cccc2cc3snnc3nc12. The van der Waals surface area contributed by atoms with Crippen molar-refractivity contribution in [2.75, 3.05) is 0 Å². The summed E-state index contributed by atoms with van der Waals surface area (Å²) >= 11 is 4.83. The van der Waals surface area contributed by atoms with Crippen LogP contribution in [0.15, 0.2) is 28.7 Å². The maximum Gasteiger partial charge on any atom is 0.195 e. The van der Waals surface area contributed by atoms with Gasteiger partial charge in [-0.2, -0.15) is 0 Å². The van der Waals surface area contributed by atoms with Gasteiger partial charge in [-0.1, -0.05) is 16.6 Å². The normalized spacial score (nSPS) is 11.2. The lowest BCUT2D eigenvalue weighted by Crippen LogP contribution is -1.81. The summed E-state index contributed by atoms with van der Waals surface area (Å²) in [6.07, 6.45) is 0. The Bertz CT molecular complexity index is 620. The second kappa shape index (κ2) is 2.96. The molecule has 0 aliphatic rings. The Morgan fingerprint density at radius 3 is 3.14 bits per heavy atom. The third-order valence-electron chi connectivity index (χ3n) is 2.02. The van der Waals surface area contributed by atoms with Gasteiger partial charge < -0.3 is 0 Å². The van der Waals surface area contributed by atoms with Gasteiger partial charge in [-0.3, -0.25) is 0 Å². The molecule has 0 saturated carbocycles. The lowest BCUT2D eigenvalue weighted by atomic mass is 10.2. The van der Waals surface area contributed by atoms with Crippen molar-refractivity contribution >= 4 is 48.7 Å². The molecular formula is C9H4BrN3S. The van der Waals surface area contributed by atoms with Crippen molar-refractivity contribution in [1.29, 1.82) is 0 Å². The average molecular weight is 266 g/mol. The quantitative estimate of drug-likeness (QED) is 0.627. The van der Waals surface area contributed by atoms with E-state index in [4.69, 9.17) is 0 Å². The van der Waals surface area contributed by atoms with E-state index in [1.54, 1.807) is 0 Å². The fraction of sp³-hybridized carbons (Fsp3) is 0. The van der Waals surface area contributed by atoms with Crippen LogP contribution in [-0.4, -0.2) is 14.6 Å². The van der Waals surface area contributed by atoms with E-state index >= 15 is 0 Å². The molecule has 2 aromatic heterocycles. The molecule has 0 fully saturated rings. The Hall–Kier alpha value is -1.07. The molecule has 0 atom stereocenters. The van der Waals surface area contributed by atoms with Gasteiger partial charge in [0.05, 0.1) is 10.2 Å². The lowest BCUT2D eigenvalue weighted by Gasteiger charge is -1.97. The zero-order valence-corrected chi connectivity index (χ0v) is 9.34. The summed E-state index contributed by atoms with van der Waals surface area (Å²) in [6, 6.07) is 8.06. The molecule has 0 saturated heterocycles. The van der Waals surface area contributed by atoms with E-state index in [1.165, 1.54) is 11.5 Å². The van der Waals surface area contributed by atoms with Crippen LogP contribution in [0.25, 0.3) is 21.3 Å². The molecular weight excluding hydrogens is 262 g/mol. The predicted molar refractivity (Wildman–Crippen MR) is 60.4 cm³/mol. The van der Waals surface area contributed by atoms with E-state index in [1.807, 2.05) is 18.2 Å². The summed E-state index contributed by atoms with van der Waals surface area (Å²) in [5, 5.41) is 5.06. The summed E-state index contributed by atoms with van der Waals surface area (Å²) in [6.45, 7) is 0. The first kappa shape index (κ1) is 8.26. The topological polar surface area (TPSA) is 38.7 Å². The highest BCUT2D eigenvalue weighted by atomic mass is 79.9. The molecule has 0 amide bonds. The van der Waals surface area contributed by atoms with Crippen molar-refractivity contribution < 1.29 is 0 Å². The Morgan fingerprint density at radius 2 is 2.21 bits per heavy atom. The maximum atomic E-state index is 4.43. The highest BCUT2D eigenvalue weighted by Crippen LogP contribution is 2.25. The number of nitrogens with zero attached hydrogens (tertiary/aromatic N) is 3. The first-order valence-corrected chi connectivity index (χ1v) is 5.58. The van der Waals surface area contributed by atoms with Crippen LogP contribution in [-0.2, 0) is 0 Å². The number of rotatable bonds is 0. The van der Waals surface area contributed by atoms with Crippen LogP contribution >= 0.6 is 27.5 Å². The van der Waals surface area contributed by atoms with Gasteiger partial charge in [0.2, 0.25) is 0 Å². The number of fused-ring (bicyclic) bond motifs is 2. The Labute approximate surface area is 92.1 Å². The first-order valence-electron chi connectivity index (χ1n) is 4.02. The standard InChI is InChI=1S/C9H4BrN3S/c10-6-3-1-2-5-4-7-9(11-8(5)6)12-13-14-7/h1-4H. The molecule has 2 heterocycles. The number of halogens is 1. The Balaban J connectivity index is 2.57. The first-order chi connectivity index (χ1) is 6.84. The zero-order chi connectivity index (χ0) is 9.54. The molecule has 3 rings (SSSR count). The van der Waals surface area contributed by atoms with Gasteiger partial charge in [-0.05, 0) is 39.6 Å². The average Bonchev–Trinajstić information content (AvgIpc) is 2.62. The molecule has 0 aliphatic carbocycles. The van der Waals surface area contributed by atoms with Gasteiger partial charge in [0, 0.05) is 9.86 Å². The highest BCUT2D eigenvalue weighted by molar-refractivity contribution is 9.10. The molecule has 0 spiro atoms. The number of hydrogen-bond acceptors (Lipinski definition) is 4. The summed E-state index contributed by atoms with van der Waals surface area (Å²) < 4.78 is 5.88. The second-order valence-electron chi connectivity index (χ2n) is 2.89. The van der Waals surface area contributed by atoms with Gasteiger partial charge in [0.1, 0.15) is 0 Å². The third kappa shape index (κ3) is 1.13. The minimum absolute atomic E-state index is 0.717. The summed E-state index contributed by atoms with van der Waals surface area (Å²) in [5.41, 5.74) is 1.65. The Kier molecular flexibility index (Phi) is 1.75.